The van der Waals surface area contributed by atoms with Crippen molar-refractivity contribution < 1.29 is 18.0 Å². The minimum atomic E-state index is -4.44. The van der Waals surface area contributed by atoms with Crippen molar-refractivity contribution >= 4 is 23.2 Å². The van der Waals surface area contributed by atoms with Crippen LogP contribution in [0.5, 0.6) is 0 Å². The van der Waals surface area contributed by atoms with Gasteiger partial charge in [-0.25, -0.2) is 0 Å². The van der Waals surface area contributed by atoms with Gasteiger partial charge in [0.1, 0.15) is 0 Å². The van der Waals surface area contributed by atoms with E-state index in [9.17, 15) is 18.0 Å². The molecule has 0 bridgehead atoms. The Morgan fingerprint density at radius 1 is 1.41 bits per heavy atom. The number of alkyl halides is 3. The van der Waals surface area contributed by atoms with Crippen molar-refractivity contribution in [2.45, 2.75) is 6.18 Å². The summed E-state index contributed by atoms with van der Waals surface area (Å²) in [6, 6.07) is 2.88. The van der Waals surface area contributed by atoms with Gasteiger partial charge >= 0.3 is 6.18 Å². The van der Waals surface area contributed by atoms with E-state index < -0.39 is 11.7 Å². The summed E-state index contributed by atoms with van der Waals surface area (Å²) < 4.78 is 37.2. The lowest BCUT2D eigenvalue weighted by atomic mass is 10.2. The topological polar surface area (TPSA) is 41.1 Å². The molecule has 2 N–H and O–H groups in total. The molecule has 0 aromatic heterocycles. The molecule has 0 unspecified atom stereocenters. The van der Waals surface area contributed by atoms with Crippen LogP contribution in [0.2, 0.25) is 5.02 Å². The van der Waals surface area contributed by atoms with E-state index in [1.165, 1.54) is 7.05 Å². The van der Waals surface area contributed by atoms with Crippen molar-refractivity contribution in [1.82, 2.24) is 5.32 Å². The molecule has 0 spiro atoms. The molecule has 1 rings (SSSR count). The molecule has 0 aliphatic carbocycles. The van der Waals surface area contributed by atoms with Gasteiger partial charge in [0.05, 0.1) is 22.8 Å². The minimum Gasteiger partial charge on any atom is -0.375 e. The average molecular weight is 267 g/mol. The maximum atomic E-state index is 12.4. The van der Waals surface area contributed by atoms with Gasteiger partial charge in [0.15, 0.2) is 0 Å². The molecule has 0 aliphatic heterocycles. The predicted octanol–water partition coefficient (Wildman–Crippen LogP) is 2.52. The van der Waals surface area contributed by atoms with Crippen LogP contribution in [0.1, 0.15) is 5.56 Å². The third-order valence-corrected chi connectivity index (χ3v) is 2.34. The number of halogens is 4. The monoisotopic (exact) mass is 266 g/mol. The Bertz CT molecular complexity index is 421. The average Bonchev–Trinajstić information content (AvgIpc) is 2.26. The molecule has 0 aliphatic rings. The molecule has 1 aromatic rings. The van der Waals surface area contributed by atoms with Crippen molar-refractivity contribution in [2.24, 2.45) is 0 Å². The Kier molecular flexibility index (Phi) is 4.22. The molecule has 0 atom stereocenters. The Labute approximate surface area is 101 Å². The normalized spacial score (nSPS) is 11.1. The molecular formula is C10H10ClF3N2O. The predicted molar refractivity (Wildman–Crippen MR) is 59.0 cm³/mol. The van der Waals surface area contributed by atoms with Gasteiger partial charge < -0.3 is 10.6 Å². The van der Waals surface area contributed by atoms with Gasteiger partial charge in [0, 0.05) is 7.05 Å². The fraction of sp³-hybridized carbons (Fsp3) is 0.300. The van der Waals surface area contributed by atoms with Crippen molar-refractivity contribution in [3.05, 3.63) is 28.8 Å². The number of anilines is 1. The zero-order valence-electron chi connectivity index (χ0n) is 8.86. The van der Waals surface area contributed by atoms with E-state index in [0.717, 1.165) is 18.2 Å². The molecule has 0 saturated carbocycles. The Morgan fingerprint density at radius 2 is 2.06 bits per heavy atom. The van der Waals surface area contributed by atoms with E-state index >= 15 is 0 Å². The van der Waals surface area contributed by atoms with Crippen molar-refractivity contribution in [3.8, 4) is 0 Å². The summed E-state index contributed by atoms with van der Waals surface area (Å²) in [6.07, 6.45) is -4.44. The second kappa shape index (κ2) is 5.27. The highest BCUT2D eigenvalue weighted by Gasteiger charge is 2.30. The summed E-state index contributed by atoms with van der Waals surface area (Å²) in [5.74, 6) is -0.349. The van der Waals surface area contributed by atoms with E-state index in [4.69, 9.17) is 11.6 Å². The number of benzene rings is 1. The van der Waals surface area contributed by atoms with Crippen molar-refractivity contribution in [1.29, 1.82) is 0 Å². The number of amides is 1. The van der Waals surface area contributed by atoms with Crippen LogP contribution in [0.4, 0.5) is 18.9 Å². The summed E-state index contributed by atoms with van der Waals surface area (Å²) in [4.78, 5) is 10.9. The SMILES string of the molecule is CNC(=O)CNc1cc(C(F)(F)F)ccc1Cl. The second-order valence-corrected chi connectivity index (χ2v) is 3.63. The minimum absolute atomic E-state index is 0.0742. The smallest absolute Gasteiger partial charge is 0.375 e. The summed E-state index contributed by atoms with van der Waals surface area (Å²) in [6.45, 7) is -0.141. The van der Waals surface area contributed by atoms with Crippen molar-refractivity contribution in [2.75, 3.05) is 18.9 Å². The van der Waals surface area contributed by atoms with Crippen LogP contribution in [0.25, 0.3) is 0 Å². The molecule has 94 valence electrons. The highest BCUT2D eigenvalue weighted by Crippen LogP contribution is 2.33. The number of nitrogens with one attached hydrogen (secondary N) is 2. The van der Waals surface area contributed by atoms with E-state index in [1.54, 1.807) is 0 Å². The van der Waals surface area contributed by atoms with Gasteiger partial charge in [-0.3, -0.25) is 4.79 Å². The highest BCUT2D eigenvalue weighted by molar-refractivity contribution is 6.33. The zero-order valence-corrected chi connectivity index (χ0v) is 9.62. The first-order valence-corrected chi connectivity index (χ1v) is 5.03. The van der Waals surface area contributed by atoms with Gasteiger partial charge in [0.25, 0.3) is 0 Å². The summed E-state index contributed by atoms with van der Waals surface area (Å²) in [7, 11) is 1.43. The lowest BCUT2D eigenvalue weighted by molar-refractivity contribution is -0.137. The van der Waals surface area contributed by atoms with Crippen LogP contribution >= 0.6 is 11.6 Å². The summed E-state index contributed by atoms with van der Waals surface area (Å²) >= 11 is 5.71. The molecule has 1 amide bonds. The number of hydrogen-bond acceptors (Lipinski definition) is 2. The Morgan fingerprint density at radius 3 is 2.59 bits per heavy atom. The fourth-order valence-electron chi connectivity index (χ4n) is 1.10. The highest BCUT2D eigenvalue weighted by atomic mass is 35.5. The van der Waals surface area contributed by atoms with Gasteiger partial charge in [-0.15, -0.1) is 0 Å². The molecule has 17 heavy (non-hydrogen) atoms. The Balaban J connectivity index is 2.88. The molecule has 0 fully saturated rings. The van der Waals surface area contributed by atoms with Gasteiger partial charge in [-0.2, -0.15) is 13.2 Å². The lowest BCUT2D eigenvalue weighted by Gasteiger charge is -2.11. The number of hydrogen-bond donors (Lipinski definition) is 2. The number of likely N-dealkylation sites (N-methyl/N-ethyl adjacent to an activating group) is 1. The number of carbonyl (C=O) groups excluding carboxylic acids is 1. The summed E-state index contributed by atoms with van der Waals surface area (Å²) in [5, 5.41) is 4.99. The van der Waals surface area contributed by atoms with Crippen LogP contribution < -0.4 is 10.6 Å². The lowest BCUT2D eigenvalue weighted by Crippen LogP contribution is -2.26. The summed E-state index contributed by atoms with van der Waals surface area (Å²) in [5.41, 5.74) is -0.744. The van der Waals surface area contributed by atoms with E-state index in [1.807, 2.05) is 0 Å². The maximum absolute atomic E-state index is 12.4. The van der Waals surface area contributed by atoms with Crippen LogP contribution in [0.3, 0.4) is 0 Å². The van der Waals surface area contributed by atoms with Crippen LogP contribution in [0.15, 0.2) is 18.2 Å². The molecule has 7 heteroatoms. The van der Waals surface area contributed by atoms with Gasteiger partial charge in [-0.1, -0.05) is 11.6 Å². The number of rotatable bonds is 3. The fourth-order valence-corrected chi connectivity index (χ4v) is 1.29. The first-order chi connectivity index (χ1) is 7.84. The third kappa shape index (κ3) is 3.81. The second-order valence-electron chi connectivity index (χ2n) is 3.22. The standard InChI is InChI=1S/C10H10ClF3N2O/c1-15-9(17)5-16-8-4-6(10(12,13)14)2-3-7(8)11/h2-4,16H,5H2,1H3,(H,15,17). The van der Waals surface area contributed by atoms with Crippen LogP contribution in [-0.2, 0) is 11.0 Å². The van der Waals surface area contributed by atoms with E-state index in [2.05, 4.69) is 10.6 Å². The number of carbonyl (C=O) groups is 1. The van der Waals surface area contributed by atoms with Crippen molar-refractivity contribution in [3.63, 3.8) is 0 Å². The van der Waals surface area contributed by atoms with Crippen LogP contribution in [-0.4, -0.2) is 19.5 Å². The Hall–Kier alpha value is -1.43. The third-order valence-electron chi connectivity index (χ3n) is 2.01. The molecule has 0 heterocycles. The first kappa shape index (κ1) is 13.6. The molecule has 1 aromatic carbocycles. The molecule has 0 saturated heterocycles. The molecular weight excluding hydrogens is 257 g/mol. The van der Waals surface area contributed by atoms with Gasteiger partial charge in [0.2, 0.25) is 5.91 Å². The molecule has 0 radical (unpaired) electrons. The van der Waals surface area contributed by atoms with E-state index in [-0.39, 0.29) is 23.2 Å². The maximum Gasteiger partial charge on any atom is 0.416 e. The largest absolute Gasteiger partial charge is 0.416 e. The van der Waals surface area contributed by atoms with E-state index in [0.29, 0.717) is 0 Å². The zero-order chi connectivity index (χ0) is 13.1. The van der Waals surface area contributed by atoms with Gasteiger partial charge in [-0.05, 0) is 18.2 Å². The molecule has 3 nitrogen and oxygen atoms in total. The first-order valence-electron chi connectivity index (χ1n) is 4.66. The van der Waals surface area contributed by atoms with Crippen LogP contribution in [0, 0.1) is 0 Å². The quantitative estimate of drug-likeness (QED) is 0.883.